The molecule has 1 aromatic rings. The summed E-state index contributed by atoms with van der Waals surface area (Å²) in [6, 6.07) is 6.07. The van der Waals surface area contributed by atoms with Gasteiger partial charge in [-0.25, -0.2) is 0 Å². The summed E-state index contributed by atoms with van der Waals surface area (Å²) >= 11 is 0. The van der Waals surface area contributed by atoms with E-state index in [1.807, 2.05) is 18.2 Å². The number of nitrogens with one attached hydrogen (secondary N) is 1. The van der Waals surface area contributed by atoms with Gasteiger partial charge in [0.1, 0.15) is 0 Å². The maximum atomic E-state index is 6.36. The highest BCUT2D eigenvalue weighted by atomic mass is 16.5. The lowest BCUT2D eigenvalue weighted by atomic mass is 9.98. The van der Waals surface area contributed by atoms with E-state index in [-0.39, 0.29) is 12.1 Å². The number of nitrogens with two attached hydrogens (primary N) is 1. The van der Waals surface area contributed by atoms with E-state index in [0.29, 0.717) is 0 Å². The minimum absolute atomic E-state index is 0.0532. The molecule has 1 fully saturated rings. The molecule has 1 heterocycles. The third-order valence-electron chi connectivity index (χ3n) is 3.63. The Labute approximate surface area is 114 Å². The summed E-state index contributed by atoms with van der Waals surface area (Å²) in [5, 5.41) is 3.48. The summed E-state index contributed by atoms with van der Waals surface area (Å²) in [5.74, 6) is 1.45. The summed E-state index contributed by atoms with van der Waals surface area (Å²) in [6.45, 7) is 2.99. The van der Waals surface area contributed by atoms with E-state index in [9.17, 15) is 0 Å². The molecule has 0 aromatic heterocycles. The van der Waals surface area contributed by atoms with E-state index in [1.165, 1.54) is 0 Å². The highest BCUT2D eigenvalue weighted by Gasteiger charge is 2.24. The van der Waals surface area contributed by atoms with E-state index in [2.05, 4.69) is 17.3 Å². The molecule has 0 aliphatic carbocycles. The topological polar surface area (TPSA) is 59.8 Å². The van der Waals surface area contributed by atoms with Crippen LogP contribution >= 0.6 is 0 Å². The fourth-order valence-electron chi connectivity index (χ4n) is 2.47. The van der Waals surface area contributed by atoms with Gasteiger partial charge in [0.2, 0.25) is 0 Å². The van der Waals surface area contributed by atoms with Crippen LogP contribution in [0.25, 0.3) is 0 Å². The molecule has 2 unspecified atom stereocenters. The monoisotopic (exact) mass is 265 g/mol. The zero-order valence-corrected chi connectivity index (χ0v) is 11.8. The van der Waals surface area contributed by atoms with E-state index in [4.69, 9.17) is 15.2 Å². The van der Waals surface area contributed by atoms with Crippen LogP contribution < -0.4 is 20.5 Å². The van der Waals surface area contributed by atoms with Crippen molar-refractivity contribution in [2.45, 2.75) is 12.1 Å². The van der Waals surface area contributed by atoms with Crippen molar-refractivity contribution in [2.75, 3.05) is 40.9 Å². The first-order valence-corrected chi connectivity index (χ1v) is 6.55. The van der Waals surface area contributed by atoms with Gasteiger partial charge in [-0.1, -0.05) is 6.07 Å². The van der Waals surface area contributed by atoms with Crippen LogP contribution in [0.1, 0.15) is 11.6 Å². The van der Waals surface area contributed by atoms with Gasteiger partial charge >= 0.3 is 0 Å². The van der Waals surface area contributed by atoms with Crippen molar-refractivity contribution in [3.63, 3.8) is 0 Å². The van der Waals surface area contributed by atoms with Gasteiger partial charge in [-0.3, -0.25) is 0 Å². The molecule has 1 saturated heterocycles. The van der Waals surface area contributed by atoms with Crippen LogP contribution in [-0.4, -0.2) is 51.8 Å². The largest absolute Gasteiger partial charge is 0.493 e. The lowest BCUT2D eigenvalue weighted by molar-refractivity contribution is 0.219. The average Bonchev–Trinajstić information content (AvgIpc) is 2.45. The molecule has 2 atom stereocenters. The van der Waals surface area contributed by atoms with Crippen molar-refractivity contribution >= 4 is 0 Å². The molecule has 3 N–H and O–H groups in total. The molecular weight excluding hydrogens is 242 g/mol. The first-order valence-electron chi connectivity index (χ1n) is 6.55. The summed E-state index contributed by atoms with van der Waals surface area (Å²) in [6.07, 6.45) is 0. The molecule has 5 heteroatoms. The van der Waals surface area contributed by atoms with Crippen molar-refractivity contribution in [3.8, 4) is 11.5 Å². The normalized spacial score (nSPS) is 22.0. The number of piperazine rings is 1. The first kappa shape index (κ1) is 14.1. The Hall–Kier alpha value is -1.30. The smallest absolute Gasteiger partial charge is 0.161 e. The molecule has 0 saturated carbocycles. The van der Waals surface area contributed by atoms with Crippen LogP contribution in [0.3, 0.4) is 0 Å². The Kier molecular flexibility index (Phi) is 4.63. The van der Waals surface area contributed by atoms with E-state index >= 15 is 0 Å². The van der Waals surface area contributed by atoms with Crippen molar-refractivity contribution in [2.24, 2.45) is 5.73 Å². The van der Waals surface area contributed by atoms with Crippen molar-refractivity contribution in [1.82, 2.24) is 10.2 Å². The molecule has 0 spiro atoms. The van der Waals surface area contributed by atoms with Gasteiger partial charge in [0, 0.05) is 31.7 Å². The van der Waals surface area contributed by atoms with Crippen molar-refractivity contribution in [1.29, 1.82) is 0 Å². The minimum atomic E-state index is -0.0532. The van der Waals surface area contributed by atoms with Crippen molar-refractivity contribution < 1.29 is 9.47 Å². The zero-order valence-electron chi connectivity index (χ0n) is 11.8. The maximum Gasteiger partial charge on any atom is 0.161 e. The number of nitrogens with zero attached hydrogens (tertiary/aromatic N) is 1. The predicted octanol–water partition coefficient (Wildman–Crippen LogP) is 0.607. The quantitative estimate of drug-likeness (QED) is 0.835. The number of likely N-dealkylation sites (N-methyl/N-ethyl adjacent to an activating group) is 1. The molecular formula is C14H23N3O2. The van der Waals surface area contributed by atoms with Crippen LogP contribution in [-0.2, 0) is 0 Å². The molecule has 2 rings (SSSR count). The fourth-order valence-corrected chi connectivity index (χ4v) is 2.47. The van der Waals surface area contributed by atoms with Crippen molar-refractivity contribution in [3.05, 3.63) is 23.8 Å². The summed E-state index contributed by atoms with van der Waals surface area (Å²) in [7, 11) is 5.39. The second-order valence-electron chi connectivity index (χ2n) is 4.96. The lowest BCUT2D eigenvalue weighted by Gasteiger charge is -2.34. The van der Waals surface area contributed by atoms with Gasteiger partial charge < -0.3 is 25.4 Å². The molecule has 106 valence electrons. The van der Waals surface area contributed by atoms with E-state index < -0.39 is 0 Å². The molecule has 0 bridgehead atoms. The highest BCUT2D eigenvalue weighted by molar-refractivity contribution is 5.44. The molecule has 0 radical (unpaired) electrons. The van der Waals surface area contributed by atoms with Crippen LogP contribution in [0.4, 0.5) is 0 Å². The van der Waals surface area contributed by atoms with Crippen LogP contribution in [0.15, 0.2) is 18.2 Å². The number of rotatable bonds is 4. The predicted molar refractivity (Wildman–Crippen MR) is 75.8 cm³/mol. The second-order valence-corrected chi connectivity index (χ2v) is 4.96. The van der Waals surface area contributed by atoms with E-state index in [1.54, 1.807) is 14.2 Å². The number of ether oxygens (including phenoxy) is 2. The fraction of sp³-hybridized carbons (Fsp3) is 0.571. The maximum absolute atomic E-state index is 6.36. The van der Waals surface area contributed by atoms with Crippen LogP contribution in [0, 0.1) is 0 Å². The zero-order chi connectivity index (χ0) is 13.8. The SMILES string of the molecule is COc1ccc(C(N)C2CN(C)CCN2)cc1OC. The number of benzene rings is 1. The van der Waals surface area contributed by atoms with Gasteiger partial charge in [0.05, 0.1) is 14.2 Å². The number of methoxy groups -OCH3 is 2. The molecule has 19 heavy (non-hydrogen) atoms. The Bertz CT molecular complexity index is 425. The summed E-state index contributed by atoms with van der Waals surface area (Å²) in [5.41, 5.74) is 7.42. The lowest BCUT2D eigenvalue weighted by Crippen LogP contribution is -2.53. The van der Waals surface area contributed by atoms with Crippen LogP contribution in [0.5, 0.6) is 11.5 Å². The molecule has 1 aromatic carbocycles. The Morgan fingerprint density at radius 1 is 1.32 bits per heavy atom. The Balaban J connectivity index is 2.16. The van der Waals surface area contributed by atoms with Gasteiger partial charge in [0.25, 0.3) is 0 Å². The van der Waals surface area contributed by atoms with Gasteiger partial charge in [-0.15, -0.1) is 0 Å². The Morgan fingerprint density at radius 3 is 2.68 bits per heavy atom. The number of hydrogen-bond acceptors (Lipinski definition) is 5. The second kappa shape index (κ2) is 6.23. The molecule has 5 nitrogen and oxygen atoms in total. The molecule has 0 amide bonds. The average molecular weight is 265 g/mol. The first-order chi connectivity index (χ1) is 9.15. The summed E-state index contributed by atoms with van der Waals surface area (Å²) < 4.78 is 10.6. The van der Waals surface area contributed by atoms with Crippen LogP contribution in [0.2, 0.25) is 0 Å². The minimum Gasteiger partial charge on any atom is -0.493 e. The van der Waals surface area contributed by atoms with Gasteiger partial charge in [0.15, 0.2) is 11.5 Å². The van der Waals surface area contributed by atoms with Gasteiger partial charge in [-0.2, -0.15) is 0 Å². The highest BCUT2D eigenvalue weighted by Crippen LogP contribution is 2.30. The van der Waals surface area contributed by atoms with Gasteiger partial charge in [-0.05, 0) is 24.7 Å². The Morgan fingerprint density at radius 2 is 2.05 bits per heavy atom. The summed E-state index contributed by atoms with van der Waals surface area (Å²) in [4.78, 5) is 2.29. The molecule has 1 aliphatic heterocycles. The number of hydrogen-bond donors (Lipinski definition) is 2. The third kappa shape index (κ3) is 3.18. The van der Waals surface area contributed by atoms with E-state index in [0.717, 1.165) is 36.7 Å². The third-order valence-corrected chi connectivity index (χ3v) is 3.63. The standard InChI is InChI=1S/C14H23N3O2/c1-17-7-6-16-11(9-17)14(15)10-4-5-12(18-2)13(8-10)19-3/h4-5,8,11,14,16H,6-7,9,15H2,1-3H3. The molecule has 1 aliphatic rings.